The van der Waals surface area contributed by atoms with Crippen molar-refractivity contribution in [1.29, 1.82) is 0 Å². The first kappa shape index (κ1) is 13.9. The van der Waals surface area contributed by atoms with Crippen LogP contribution in [0.5, 0.6) is 0 Å². The zero-order valence-corrected chi connectivity index (χ0v) is 13.6. The molecule has 116 valence electrons. The molecule has 0 radical (unpaired) electrons. The fourth-order valence-electron chi connectivity index (χ4n) is 4.29. The van der Waals surface area contributed by atoms with E-state index in [4.69, 9.17) is 0 Å². The van der Waals surface area contributed by atoms with E-state index in [1.807, 2.05) is 12.1 Å². The average Bonchev–Trinajstić information content (AvgIpc) is 2.54. The lowest BCUT2D eigenvalue weighted by atomic mass is 9.79. The number of hydrogen-bond donors (Lipinski definition) is 0. The molecule has 1 spiro atoms. The molecule has 0 unspecified atom stereocenters. The van der Waals surface area contributed by atoms with Gasteiger partial charge in [-0.15, -0.1) is 0 Å². The predicted octanol–water partition coefficient (Wildman–Crippen LogP) is 5.20. The van der Waals surface area contributed by atoms with Gasteiger partial charge in [-0.2, -0.15) is 5.12 Å². The van der Waals surface area contributed by atoms with Gasteiger partial charge in [0.05, 0.1) is 5.69 Å². The number of aryl methyl sites for hydroxylation is 1. The minimum absolute atomic E-state index is 0.511. The SMILES string of the molecule is Cc1ccc2c3c(cccc13)N(C)C1(CCC(C)CC1)N2F. The third-order valence-electron chi connectivity index (χ3n) is 5.85. The first-order valence-corrected chi connectivity index (χ1v) is 8.27. The highest BCUT2D eigenvalue weighted by Gasteiger charge is 2.48. The highest BCUT2D eigenvalue weighted by Crippen LogP contribution is 2.51. The van der Waals surface area contributed by atoms with Crippen molar-refractivity contribution in [3.63, 3.8) is 0 Å². The van der Waals surface area contributed by atoms with Crippen molar-refractivity contribution in [1.82, 2.24) is 0 Å². The van der Waals surface area contributed by atoms with Crippen LogP contribution in [-0.4, -0.2) is 12.7 Å². The fourth-order valence-corrected chi connectivity index (χ4v) is 4.29. The van der Waals surface area contributed by atoms with E-state index >= 15 is 4.48 Å². The average molecular weight is 298 g/mol. The Bertz CT molecular complexity index is 713. The van der Waals surface area contributed by atoms with Gasteiger partial charge in [0.15, 0.2) is 0 Å². The van der Waals surface area contributed by atoms with Crippen LogP contribution in [0.15, 0.2) is 30.3 Å². The van der Waals surface area contributed by atoms with Gasteiger partial charge in [0.1, 0.15) is 5.66 Å². The van der Waals surface area contributed by atoms with Crippen molar-refractivity contribution < 1.29 is 4.48 Å². The Labute approximate surface area is 131 Å². The van der Waals surface area contributed by atoms with E-state index in [9.17, 15) is 0 Å². The summed E-state index contributed by atoms with van der Waals surface area (Å²) < 4.78 is 15.5. The molecule has 1 heterocycles. The minimum Gasteiger partial charge on any atom is -0.349 e. The zero-order valence-electron chi connectivity index (χ0n) is 13.6. The second kappa shape index (κ2) is 4.61. The van der Waals surface area contributed by atoms with E-state index < -0.39 is 5.66 Å². The van der Waals surface area contributed by atoms with Crippen molar-refractivity contribution in [3.05, 3.63) is 35.9 Å². The van der Waals surface area contributed by atoms with Crippen LogP contribution in [0.3, 0.4) is 0 Å². The van der Waals surface area contributed by atoms with E-state index in [2.05, 4.69) is 44.0 Å². The van der Waals surface area contributed by atoms with Gasteiger partial charge >= 0.3 is 0 Å². The van der Waals surface area contributed by atoms with E-state index in [1.165, 1.54) is 11.3 Å². The van der Waals surface area contributed by atoms with Crippen LogP contribution < -0.4 is 10.0 Å². The first-order chi connectivity index (χ1) is 10.5. The van der Waals surface area contributed by atoms with E-state index in [-0.39, 0.29) is 0 Å². The van der Waals surface area contributed by atoms with Crippen molar-refractivity contribution >= 4 is 22.1 Å². The summed E-state index contributed by atoms with van der Waals surface area (Å²) in [7, 11) is 2.06. The van der Waals surface area contributed by atoms with Gasteiger partial charge in [-0.25, -0.2) is 0 Å². The van der Waals surface area contributed by atoms with Gasteiger partial charge < -0.3 is 4.90 Å². The smallest absolute Gasteiger partial charge is 0.143 e. The Morgan fingerprint density at radius 1 is 1.09 bits per heavy atom. The molecule has 1 fully saturated rings. The zero-order chi connectivity index (χ0) is 15.5. The van der Waals surface area contributed by atoms with Crippen molar-refractivity contribution in [2.45, 2.75) is 45.2 Å². The Kier molecular flexibility index (Phi) is 2.91. The van der Waals surface area contributed by atoms with Crippen molar-refractivity contribution in [2.24, 2.45) is 5.92 Å². The number of benzene rings is 2. The van der Waals surface area contributed by atoms with Crippen molar-refractivity contribution in [3.8, 4) is 0 Å². The van der Waals surface area contributed by atoms with Gasteiger partial charge in [-0.1, -0.05) is 29.6 Å². The Morgan fingerprint density at radius 2 is 1.82 bits per heavy atom. The van der Waals surface area contributed by atoms with Gasteiger partial charge in [-0.3, -0.25) is 0 Å². The molecule has 1 aliphatic heterocycles. The maximum atomic E-state index is 15.5. The van der Waals surface area contributed by atoms with Crippen LogP contribution in [-0.2, 0) is 0 Å². The molecule has 4 rings (SSSR count). The monoisotopic (exact) mass is 298 g/mol. The largest absolute Gasteiger partial charge is 0.349 e. The van der Waals surface area contributed by atoms with Crippen molar-refractivity contribution in [2.75, 3.05) is 17.1 Å². The molecular formula is C19H23FN2. The van der Waals surface area contributed by atoms with Gasteiger partial charge in [0.2, 0.25) is 0 Å². The van der Waals surface area contributed by atoms with Crippen LogP contribution in [0.1, 0.15) is 38.2 Å². The summed E-state index contributed by atoms with van der Waals surface area (Å²) in [5, 5.41) is 3.27. The molecule has 2 nitrogen and oxygen atoms in total. The van der Waals surface area contributed by atoms with Gasteiger partial charge in [-0.05, 0) is 61.6 Å². The predicted molar refractivity (Wildman–Crippen MR) is 91.0 cm³/mol. The molecule has 0 atom stereocenters. The minimum atomic E-state index is -0.511. The molecule has 2 aromatic carbocycles. The van der Waals surface area contributed by atoms with E-state index in [1.54, 1.807) is 0 Å². The molecule has 1 aliphatic carbocycles. The topological polar surface area (TPSA) is 6.48 Å². The highest BCUT2D eigenvalue weighted by molar-refractivity contribution is 6.07. The van der Waals surface area contributed by atoms with Crippen LogP contribution >= 0.6 is 0 Å². The molecule has 2 aromatic rings. The summed E-state index contributed by atoms with van der Waals surface area (Å²) >= 11 is 0. The lowest BCUT2D eigenvalue weighted by Crippen LogP contribution is -2.60. The highest BCUT2D eigenvalue weighted by atomic mass is 19.2. The molecule has 0 N–H and O–H groups in total. The molecule has 2 aliphatic rings. The summed E-state index contributed by atoms with van der Waals surface area (Å²) in [5.74, 6) is 0.697. The number of halogens is 1. The second-order valence-electron chi connectivity index (χ2n) is 7.11. The third-order valence-corrected chi connectivity index (χ3v) is 5.85. The molecule has 3 heteroatoms. The Balaban J connectivity index is 1.95. The summed E-state index contributed by atoms with van der Waals surface area (Å²) in [6.45, 7) is 4.37. The molecule has 0 saturated heterocycles. The van der Waals surface area contributed by atoms with Crippen LogP contribution in [0.25, 0.3) is 10.8 Å². The summed E-state index contributed by atoms with van der Waals surface area (Å²) in [6, 6.07) is 10.3. The Hall–Kier alpha value is -1.77. The van der Waals surface area contributed by atoms with Crippen LogP contribution in [0.2, 0.25) is 0 Å². The molecule has 0 bridgehead atoms. The van der Waals surface area contributed by atoms with Gasteiger partial charge in [0.25, 0.3) is 0 Å². The quantitative estimate of drug-likeness (QED) is 0.617. The molecule has 1 saturated carbocycles. The number of rotatable bonds is 0. The lowest BCUT2D eigenvalue weighted by molar-refractivity contribution is 0.163. The summed E-state index contributed by atoms with van der Waals surface area (Å²) in [4.78, 5) is 2.19. The third kappa shape index (κ3) is 1.65. The molecular weight excluding hydrogens is 275 g/mol. The molecule has 22 heavy (non-hydrogen) atoms. The second-order valence-corrected chi connectivity index (χ2v) is 7.11. The van der Waals surface area contributed by atoms with Crippen LogP contribution in [0.4, 0.5) is 15.9 Å². The fraction of sp³-hybridized carbons (Fsp3) is 0.474. The maximum absolute atomic E-state index is 15.5. The van der Waals surface area contributed by atoms with Gasteiger partial charge in [0, 0.05) is 18.1 Å². The normalized spacial score (nSPS) is 27.7. The standard InChI is InChI=1S/C19H23FN2/c1-13-9-11-19(12-10-13)21(3)16-6-4-5-15-14(2)7-8-17(18(15)16)22(19)20/h4-8,13H,9-12H2,1-3H3. The summed E-state index contributed by atoms with van der Waals surface area (Å²) in [6.07, 6.45) is 3.93. The first-order valence-electron chi connectivity index (χ1n) is 8.27. The van der Waals surface area contributed by atoms with Crippen LogP contribution in [0, 0.1) is 12.8 Å². The number of hydrogen-bond acceptors (Lipinski definition) is 2. The summed E-state index contributed by atoms with van der Waals surface area (Å²) in [5.41, 5.74) is 2.60. The lowest BCUT2D eigenvalue weighted by Gasteiger charge is -2.53. The molecule has 0 aromatic heterocycles. The van der Waals surface area contributed by atoms with E-state index in [0.29, 0.717) is 5.92 Å². The van der Waals surface area contributed by atoms with E-state index in [0.717, 1.165) is 47.3 Å². The maximum Gasteiger partial charge on any atom is 0.143 e. The Morgan fingerprint density at radius 3 is 2.55 bits per heavy atom. The molecule has 0 amide bonds. The number of anilines is 2. The number of nitrogens with zero attached hydrogens (tertiary/aromatic N) is 2.